The highest BCUT2D eigenvalue weighted by molar-refractivity contribution is 5.10. The summed E-state index contributed by atoms with van der Waals surface area (Å²) in [5.41, 5.74) is 1.26. The molecule has 2 fully saturated rings. The highest BCUT2D eigenvalue weighted by Crippen LogP contribution is 2.69. The van der Waals surface area contributed by atoms with Crippen molar-refractivity contribution in [2.45, 2.75) is 53.9 Å². The highest BCUT2D eigenvalue weighted by Gasteiger charge is 2.61. The normalized spacial score (nSPS) is 47.5. The molecule has 0 amide bonds. The Kier molecular flexibility index (Phi) is 1.85. The first-order chi connectivity index (χ1) is 5.89. The van der Waals surface area contributed by atoms with Crippen LogP contribution in [0.1, 0.15) is 53.9 Å². The lowest BCUT2D eigenvalue weighted by atomic mass is 9.64. The number of hydrogen-bond acceptors (Lipinski definition) is 0. The van der Waals surface area contributed by atoms with Crippen molar-refractivity contribution in [2.24, 2.45) is 28.6 Å². The maximum Gasteiger partial charge on any atom is -0.0241 e. The van der Waals surface area contributed by atoms with E-state index in [2.05, 4.69) is 34.6 Å². The van der Waals surface area contributed by atoms with Crippen molar-refractivity contribution < 1.29 is 0 Å². The zero-order chi connectivity index (χ0) is 9.85. The molecule has 0 N–H and O–H groups in total. The summed E-state index contributed by atoms with van der Waals surface area (Å²) in [6, 6.07) is 0. The van der Waals surface area contributed by atoms with Crippen molar-refractivity contribution >= 4 is 0 Å². The fourth-order valence-corrected chi connectivity index (χ4v) is 4.27. The van der Waals surface area contributed by atoms with Crippen molar-refractivity contribution in [1.82, 2.24) is 0 Å². The minimum Gasteiger partial charge on any atom is -0.0625 e. The van der Waals surface area contributed by atoms with Crippen LogP contribution in [0.2, 0.25) is 0 Å². The van der Waals surface area contributed by atoms with E-state index in [0.717, 1.165) is 17.8 Å². The van der Waals surface area contributed by atoms with E-state index in [4.69, 9.17) is 0 Å². The lowest BCUT2D eigenvalue weighted by Gasteiger charge is -2.41. The minimum atomic E-state index is 0.613. The van der Waals surface area contributed by atoms with E-state index in [9.17, 15) is 0 Å². The first-order valence-corrected chi connectivity index (χ1v) is 5.89. The lowest BCUT2D eigenvalue weighted by molar-refractivity contribution is 0.0766. The molecule has 0 aliphatic heterocycles. The van der Waals surface area contributed by atoms with Gasteiger partial charge in [-0.2, -0.15) is 0 Å². The molecule has 2 aliphatic carbocycles. The molecule has 0 heteroatoms. The van der Waals surface area contributed by atoms with Crippen LogP contribution in [0.15, 0.2) is 0 Å². The van der Waals surface area contributed by atoms with Crippen molar-refractivity contribution in [3.8, 4) is 0 Å². The summed E-state index contributed by atoms with van der Waals surface area (Å²) in [6.07, 6.45) is 4.47. The van der Waals surface area contributed by atoms with Crippen LogP contribution in [0.5, 0.6) is 0 Å². The van der Waals surface area contributed by atoms with Gasteiger partial charge in [-0.3, -0.25) is 0 Å². The van der Waals surface area contributed by atoms with Crippen LogP contribution in [-0.2, 0) is 0 Å². The summed E-state index contributed by atoms with van der Waals surface area (Å²) in [5.74, 6) is 2.89. The first-order valence-electron chi connectivity index (χ1n) is 5.89. The van der Waals surface area contributed by atoms with E-state index in [-0.39, 0.29) is 0 Å². The maximum atomic E-state index is 2.55. The lowest BCUT2D eigenvalue weighted by Crippen LogP contribution is -2.34. The molecule has 76 valence electrons. The SMILES string of the molecule is CC(C)[C@@H]1CC2CC[C@]1(C)C2(C)C. The third-order valence-electron chi connectivity index (χ3n) is 5.67. The van der Waals surface area contributed by atoms with Gasteiger partial charge in [0.1, 0.15) is 0 Å². The van der Waals surface area contributed by atoms with E-state index in [0.29, 0.717) is 10.8 Å². The van der Waals surface area contributed by atoms with E-state index >= 15 is 0 Å². The molecule has 0 aromatic heterocycles. The Labute approximate surface area is 83.1 Å². The van der Waals surface area contributed by atoms with Gasteiger partial charge in [0.05, 0.1) is 0 Å². The number of fused-ring (bicyclic) bond motifs is 2. The molecule has 1 unspecified atom stereocenters. The molecule has 2 bridgehead atoms. The van der Waals surface area contributed by atoms with Gasteiger partial charge in [-0.05, 0) is 47.8 Å². The van der Waals surface area contributed by atoms with Crippen LogP contribution in [0.4, 0.5) is 0 Å². The highest BCUT2D eigenvalue weighted by atomic mass is 14.7. The van der Waals surface area contributed by atoms with Crippen LogP contribution in [0, 0.1) is 28.6 Å². The molecule has 0 nitrogen and oxygen atoms in total. The summed E-state index contributed by atoms with van der Waals surface area (Å²) in [5, 5.41) is 0. The van der Waals surface area contributed by atoms with Crippen LogP contribution in [-0.4, -0.2) is 0 Å². The fraction of sp³-hybridized carbons (Fsp3) is 1.00. The summed E-state index contributed by atoms with van der Waals surface area (Å²) in [7, 11) is 0. The summed E-state index contributed by atoms with van der Waals surface area (Å²) >= 11 is 0. The summed E-state index contributed by atoms with van der Waals surface area (Å²) in [6.45, 7) is 12.4. The minimum absolute atomic E-state index is 0.613. The van der Waals surface area contributed by atoms with E-state index in [1.807, 2.05) is 0 Å². The molecule has 0 aromatic rings. The fourth-order valence-electron chi connectivity index (χ4n) is 4.27. The third-order valence-corrected chi connectivity index (χ3v) is 5.67. The second-order valence-electron chi connectivity index (χ2n) is 6.46. The average Bonchev–Trinajstić information content (AvgIpc) is 2.34. The van der Waals surface area contributed by atoms with Gasteiger partial charge in [-0.15, -0.1) is 0 Å². The Morgan fingerprint density at radius 3 is 2.00 bits per heavy atom. The molecular formula is C13H24. The second-order valence-corrected chi connectivity index (χ2v) is 6.46. The van der Waals surface area contributed by atoms with Crippen LogP contribution >= 0.6 is 0 Å². The predicted molar refractivity (Wildman–Crippen MR) is 57.6 cm³/mol. The van der Waals surface area contributed by atoms with Crippen molar-refractivity contribution in [3.05, 3.63) is 0 Å². The van der Waals surface area contributed by atoms with Gasteiger partial charge in [0.2, 0.25) is 0 Å². The Bertz CT molecular complexity index is 214. The van der Waals surface area contributed by atoms with Crippen LogP contribution in [0.25, 0.3) is 0 Å². The zero-order valence-electron chi connectivity index (χ0n) is 9.85. The topological polar surface area (TPSA) is 0 Å². The predicted octanol–water partition coefficient (Wildman–Crippen LogP) is 4.10. The standard InChI is InChI=1S/C13H24/c1-9(2)11-8-10-6-7-13(11,5)12(10,3)4/h9-11H,6-8H2,1-5H3/t10?,11-,13-/m0/s1. The molecule has 3 atom stereocenters. The Hall–Kier alpha value is 0. The molecule has 0 aromatic carbocycles. The molecule has 0 heterocycles. The molecular weight excluding hydrogens is 156 g/mol. The summed E-state index contributed by atoms with van der Waals surface area (Å²) in [4.78, 5) is 0. The second kappa shape index (κ2) is 2.52. The van der Waals surface area contributed by atoms with Gasteiger partial charge in [0.15, 0.2) is 0 Å². The molecule has 0 saturated heterocycles. The number of hydrogen-bond donors (Lipinski definition) is 0. The van der Waals surface area contributed by atoms with Gasteiger partial charge < -0.3 is 0 Å². The number of rotatable bonds is 1. The third kappa shape index (κ3) is 0.980. The van der Waals surface area contributed by atoms with Crippen LogP contribution in [0.3, 0.4) is 0 Å². The molecule has 2 aliphatic rings. The zero-order valence-corrected chi connectivity index (χ0v) is 9.85. The quantitative estimate of drug-likeness (QED) is 0.570. The largest absolute Gasteiger partial charge is 0.0625 e. The molecule has 0 spiro atoms. The van der Waals surface area contributed by atoms with Gasteiger partial charge in [-0.1, -0.05) is 34.6 Å². The molecule has 2 rings (SSSR count). The van der Waals surface area contributed by atoms with E-state index < -0.39 is 0 Å². The van der Waals surface area contributed by atoms with Gasteiger partial charge in [0.25, 0.3) is 0 Å². The molecule has 13 heavy (non-hydrogen) atoms. The van der Waals surface area contributed by atoms with Crippen molar-refractivity contribution in [3.63, 3.8) is 0 Å². The van der Waals surface area contributed by atoms with Crippen LogP contribution < -0.4 is 0 Å². The van der Waals surface area contributed by atoms with E-state index in [1.165, 1.54) is 19.3 Å². The van der Waals surface area contributed by atoms with Crippen molar-refractivity contribution in [2.75, 3.05) is 0 Å². The average molecular weight is 180 g/mol. The molecule has 0 radical (unpaired) electrons. The Balaban J connectivity index is 2.33. The summed E-state index contributed by atoms with van der Waals surface area (Å²) < 4.78 is 0. The Morgan fingerprint density at radius 1 is 1.15 bits per heavy atom. The smallest absolute Gasteiger partial charge is 0.0241 e. The Morgan fingerprint density at radius 2 is 1.77 bits per heavy atom. The van der Waals surface area contributed by atoms with Gasteiger partial charge >= 0.3 is 0 Å². The van der Waals surface area contributed by atoms with E-state index in [1.54, 1.807) is 0 Å². The van der Waals surface area contributed by atoms with Gasteiger partial charge in [0, 0.05) is 0 Å². The molecule has 2 saturated carbocycles. The van der Waals surface area contributed by atoms with Gasteiger partial charge in [-0.25, -0.2) is 0 Å². The monoisotopic (exact) mass is 180 g/mol. The van der Waals surface area contributed by atoms with Crippen molar-refractivity contribution in [1.29, 1.82) is 0 Å². The maximum absolute atomic E-state index is 2.55. The first kappa shape index (κ1) is 9.55.